The van der Waals surface area contributed by atoms with Crippen LogP contribution < -0.4 is 5.32 Å². The highest BCUT2D eigenvalue weighted by molar-refractivity contribution is 5.93. The molecule has 6 nitrogen and oxygen atoms in total. The summed E-state index contributed by atoms with van der Waals surface area (Å²) in [6, 6.07) is 0. The van der Waals surface area contributed by atoms with Gasteiger partial charge in [0.05, 0.1) is 11.8 Å². The number of carbonyl (C=O) groups excluding carboxylic acids is 1. The molecular weight excluding hydrogens is 266 g/mol. The van der Waals surface area contributed by atoms with Gasteiger partial charge in [-0.15, -0.1) is 0 Å². The zero-order valence-electron chi connectivity index (χ0n) is 12.1. The van der Waals surface area contributed by atoms with E-state index in [0.717, 1.165) is 24.4 Å². The Balaban J connectivity index is 1.61. The SMILES string of the molecule is Cc1nc(CCNC(=O)c2cn[nH]c2)nc2c1CCCC2. The molecule has 110 valence electrons. The van der Waals surface area contributed by atoms with Crippen LogP contribution in [0.4, 0.5) is 0 Å². The van der Waals surface area contributed by atoms with Crippen molar-refractivity contribution in [3.63, 3.8) is 0 Å². The molecule has 0 atom stereocenters. The molecule has 0 saturated heterocycles. The highest BCUT2D eigenvalue weighted by Gasteiger charge is 2.15. The lowest BCUT2D eigenvalue weighted by molar-refractivity contribution is 0.0954. The Labute approximate surface area is 123 Å². The Kier molecular flexibility index (Phi) is 3.94. The van der Waals surface area contributed by atoms with Crippen LogP contribution in [0.25, 0.3) is 0 Å². The van der Waals surface area contributed by atoms with E-state index < -0.39 is 0 Å². The minimum Gasteiger partial charge on any atom is -0.351 e. The summed E-state index contributed by atoms with van der Waals surface area (Å²) in [5, 5.41) is 9.24. The maximum atomic E-state index is 11.8. The van der Waals surface area contributed by atoms with Gasteiger partial charge in [0, 0.05) is 30.6 Å². The lowest BCUT2D eigenvalue weighted by atomic mass is 9.95. The first-order chi connectivity index (χ1) is 10.2. The predicted molar refractivity (Wildman–Crippen MR) is 78.0 cm³/mol. The molecule has 0 aromatic carbocycles. The van der Waals surface area contributed by atoms with Gasteiger partial charge < -0.3 is 5.32 Å². The van der Waals surface area contributed by atoms with Crippen LogP contribution in [0.5, 0.6) is 0 Å². The maximum Gasteiger partial charge on any atom is 0.254 e. The minimum atomic E-state index is -0.126. The summed E-state index contributed by atoms with van der Waals surface area (Å²) < 4.78 is 0. The maximum absolute atomic E-state index is 11.8. The number of H-pyrrole nitrogens is 1. The molecule has 0 fully saturated rings. The third-order valence-corrected chi connectivity index (χ3v) is 3.83. The number of carbonyl (C=O) groups is 1. The van der Waals surface area contributed by atoms with Crippen LogP contribution in [0, 0.1) is 6.92 Å². The Morgan fingerprint density at radius 2 is 2.19 bits per heavy atom. The molecule has 0 unspecified atom stereocenters. The summed E-state index contributed by atoms with van der Waals surface area (Å²) in [7, 11) is 0. The number of hydrogen-bond donors (Lipinski definition) is 2. The fraction of sp³-hybridized carbons (Fsp3) is 0.467. The summed E-state index contributed by atoms with van der Waals surface area (Å²) in [5.74, 6) is 0.694. The molecule has 2 heterocycles. The first-order valence-corrected chi connectivity index (χ1v) is 7.36. The second kappa shape index (κ2) is 6.03. The molecule has 2 N–H and O–H groups in total. The van der Waals surface area contributed by atoms with E-state index >= 15 is 0 Å². The molecule has 0 saturated carbocycles. The molecule has 1 aliphatic rings. The van der Waals surface area contributed by atoms with E-state index in [2.05, 4.69) is 32.4 Å². The van der Waals surface area contributed by atoms with Crippen molar-refractivity contribution in [3.8, 4) is 0 Å². The van der Waals surface area contributed by atoms with Gasteiger partial charge in [-0.1, -0.05) is 0 Å². The monoisotopic (exact) mass is 285 g/mol. The van der Waals surface area contributed by atoms with Crippen molar-refractivity contribution in [1.29, 1.82) is 0 Å². The molecular formula is C15H19N5O. The highest BCUT2D eigenvalue weighted by Crippen LogP contribution is 2.21. The summed E-state index contributed by atoms with van der Waals surface area (Å²) in [6.45, 7) is 2.58. The van der Waals surface area contributed by atoms with Gasteiger partial charge in [-0.3, -0.25) is 9.89 Å². The van der Waals surface area contributed by atoms with Gasteiger partial charge in [0.15, 0.2) is 0 Å². The fourth-order valence-electron chi connectivity index (χ4n) is 2.72. The van der Waals surface area contributed by atoms with Crippen molar-refractivity contribution >= 4 is 5.91 Å². The number of nitrogens with zero attached hydrogens (tertiary/aromatic N) is 3. The summed E-state index contributed by atoms with van der Waals surface area (Å²) in [5.41, 5.74) is 4.16. The zero-order chi connectivity index (χ0) is 14.7. The van der Waals surface area contributed by atoms with Crippen molar-refractivity contribution < 1.29 is 4.79 Å². The summed E-state index contributed by atoms with van der Waals surface area (Å²) in [4.78, 5) is 21.0. The van der Waals surface area contributed by atoms with Crippen LogP contribution in [-0.4, -0.2) is 32.6 Å². The Bertz CT molecular complexity index is 636. The zero-order valence-corrected chi connectivity index (χ0v) is 12.1. The number of nitrogens with one attached hydrogen (secondary N) is 2. The molecule has 0 radical (unpaired) electrons. The number of aromatic nitrogens is 4. The second-order valence-corrected chi connectivity index (χ2v) is 5.35. The van der Waals surface area contributed by atoms with Crippen LogP contribution in [0.2, 0.25) is 0 Å². The van der Waals surface area contributed by atoms with Gasteiger partial charge in [0.1, 0.15) is 5.82 Å². The molecule has 6 heteroatoms. The van der Waals surface area contributed by atoms with Crippen molar-refractivity contribution in [3.05, 3.63) is 40.7 Å². The fourth-order valence-corrected chi connectivity index (χ4v) is 2.72. The molecule has 0 spiro atoms. The molecule has 21 heavy (non-hydrogen) atoms. The van der Waals surface area contributed by atoms with Gasteiger partial charge in [-0.25, -0.2) is 9.97 Å². The van der Waals surface area contributed by atoms with Crippen LogP contribution in [-0.2, 0) is 19.3 Å². The van der Waals surface area contributed by atoms with Crippen LogP contribution in [0.15, 0.2) is 12.4 Å². The van der Waals surface area contributed by atoms with Crippen LogP contribution in [0.1, 0.15) is 46.0 Å². The van der Waals surface area contributed by atoms with E-state index in [1.165, 1.54) is 30.3 Å². The number of aryl methyl sites for hydroxylation is 2. The molecule has 0 aliphatic heterocycles. The van der Waals surface area contributed by atoms with E-state index in [9.17, 15) is 4.79 Å². The van der Waals surface area contributed by atoms with Gasteiger partial charge in [0.2, 0.25) is 0 Å². The summed E-state index contributed by atoms with van der Waals surface area (Å²) in [6.07, 6.45) is 8.32. The largest absolute Gasteiger partial charge is 0.351 e. The van der Waals surface area contributed by atoms with Gasteiger partial charge in [-0.05, 0) is 38.2 Å². The number of aromatic amines is 1. The molecule has 2 aromatic rings. The number of rotatable bonds is 4. The topological polar surface area (TPSA) is 83.6 Å². The standard InChI is InChI=1S/C15H19N5O/c1-10-12-4-2-3-5-13(12)20-14(19-10)6-7-16-15(21)11-8-17-18-9-11/h8-9H,2-7H2,1H3,(H,16,21)(H,17,18). The minimum absolute atomic E-state index is 0.126. The molecule has 1 amide bonds. The molecule has 2 aromatic heterocycles. The van der Waals surface area contributed by atoms with Crippen LogP contribution >= 0.6 is 0 Å². The third-order valence-electron chi connectivity index (χ3n) is 3.83. The van der Waals surface area contributed by atoms with E-state index in [1.54, 1.807) is 6.20 Å². The van der Waals surface area contributed by atoms with E-state index in [1.807, 2.05) is 0 Å². The van der Waals surface area contributed by atoms with Crippen molar-refractivity contribution in [2.24, 2.45) is 0 Å². The normalized spacial score (nSPS) is 13.8. The Hall–Kier alpha value is -2.24. The van der Waals surface area contributed by atoms with Gasteiger partial charge in [-0.2, -0.15) is 5.10 Å². The lowest BCUT2D eigenvalue weighted by Gasteiger charge is -2.17. The Morgan fingerprint density at radius 3 is 3.00 bits per heavy atom. The number of hydrogen-bond acceptors (Lipinski definition) is 4. The first-order valence-electron chi connectivity index (χ1n) is 7.36. The van der Waals surface area contributed by atoms with Gasteiger partial charge >= 0.3 is 0 Å². The van der Waals surface area contributed by atoms with Crippen LogP contribution in [0.3, 0.4) is 0 Å². The predicted octanol–water partition coefficient (Wildman–Crippen LogP) is 1.36. The smallest absolute Gasteiger partial charge is 0.254 e. The lowest BCUT2D eigenvalue weighted by Crippen LogP contribution is -2.26. The van der Waals surface area contributed by atoms with Gasteiger partial charge in [0.25, 0.3) is 5.91 Å². The number of amides is 1. The Morgan fingerprint density at radius 1 is 1.33 bits per heavy atom. The average molecular weight is 285 g/mol. The highest BCUT2D eigenvalue weighted by atomic mass is 16.1. The van der Waals surface area contributed by atoms with E-state index in [-0.39, 0.29) is 5.91 Å². The van der Waals surface area contributed by atoms with Crippen molar-refractivity contribution in [2.45, 2.75) is 39.0 Å². The molecule has 3 rings (SSSR count). The average Bonchev–Trinajstić information content (AvgIpc) is 3.01. The third kappa shape index (κ3) is 3.09. The second-order valence-electron chi connectivity index (χ2n) is 5.35. The van der Waals surface area contributed by atoms with E-state index in [4.69, 9.17) is 0 Å². The van der Waals surface area contributed by atoms with Crippen molar-refractivity contribution in [2.75, 3.05) is 6.54 Å². The molecule has 1 aliphatic carbocycles. The molecule has 0 bridgehead atoms. The quantitative estimate of drug-likeness (QED) is 0.888. The van der Waals surface area contributed by atoms with Crippen molar-refractivity contribution in [1.82, 2.24) is 25.5 Å². The summed E-state index contributed by atoms with van der Waals surface area (Å²) >= 11 is 0. The van der Waals surface area contributed by atoms with E-state index in [0.29, 0.717) is 18.5 Å². The first kappa shape index (κ1) is 13.7. The number of fused-ring (bicyclic) bond motifs is 1.